The highest BCUT2D eigenvalue weighted by Crippen LogP contribution is 2.23. The van der Waals surface area contributed by atoms with Crippen LogP contribution in [0.4, 0.5) is 5.69 Å². The normalized spacial score (nSPS) is 11.2. The Hall–Kier alpha value is -2.33. The molecule has 0 spiro atoms. The van der Waals surface area contributed by atoms with Crippen molar-refractivity contribution in [2.45, 2.75) is 6.54 Å². The van der Waals surface area contributed by atoms with Crippen LogP contribution in [0.5, 0.6) is 0 Å². The Morgan fingerprint density at radius 1 is 1.10 bits per heavy atom. The average molecular weight is 280 g/mol. The van der Waals surface area contributed by atoms with Gasteiger partial charge < -0.3 is 9.73 Å². The van der Waals surface area contributed by atoms with Crippen LogP contribution in [0, 0.1) is 0 Å². The lowest BCUT2D eigenvalue weighted by atomic mass is 10.2. The second kappa shape index (κ2) is 4.65. The van der Waals surface area contributed by atoms with E-state index in [1.54, 1.807) is 11.3 Å². The largest absolute Gasteiger partial charge is 0.443 e. The molecule has 4 rings (SSSR count). The van der Waals surface area contributed by atoms with Crippen LogP contribution >= 0.6 is 11.3 Å². The van der Waals surface area contributed by atoms with Gasteiger partial charge in [-0.3, -0.25) is 0 Å². The number of rotatable bonds is 3. The molecule has 4 aromatic rings. The Labute approximate surface area is 119 Å². The van der Waals surface area contributed by atoms with Gasteiger partial charge in [-0.2, -0.15) is 0 Å². The molecule has 1 N–H and O–H groups in total. The molecule has 0 aliphatic carbocycles. The number of thiophene rings is 1. The van der Waals surface area contributed by atoms with Crippen molar-refractivity contribution < 1.29 is 4.42 Å². The van der Waals surface area contributed by atoms with E-state index in [1.165, 1.54) is 22.0 Å². The minimum Gasteiger partial charge on any atom is -0.443 e. The highest BCUT2D eigenvalue weighted by Gasteiger charge is 2.01. The topological polar surface area (TPSA) is 38.1 Å². The summed E-state index contributed by atoms with van der Waals surface area (Å²) in [5.41, 5.74) is 4.03. The second-order valence-corrected chi connectivity index (χ2v) is 5.63. The van der Waals surface area contributed by atoms with Crippen LogP contribution < -0.4 is 5.32 Å². The van der Waals surface area contributed by atoms with E-state index < -0.39 is 0 Å². The zero-order valence-corrected chi connectivity index (χ0v) is 11.5. The Bertz CT molecular complexity index is 804. The van der Waals surface area contributed by atoms with Crippen molar-refractivity contribution in [3.63, 3.8) is 0 Å². The number of anilines is 1. The first-order valence-electron chi connectivity index (χ1n) is 6.42. The van der Waals surface area contributed by atoms with E-state index in [9.17, 15) is 0 Å². The number of nitrogens with one attached hydrogen (secondary N) is 1. The molecule has 0 unspecified atom stereocenters. The molecule has 0 saturated heterocycles. The van der Waals surface area contributed by atoms with Crippen molar-refractivity contribution in [3.05, 3.63) is 59.8 Å². The maximum absolute atomic E-state index is 5.24. The number of hydrogen-bond acceptors (Lipinski definition) is 4. The van der Waals surface area contributed by atoms with Crippen LogP contribution in [0.25, 0.3) is 21.2 Å². The lowest BCUT2D eigenvalue weighted by molar-refractivity contribution is 0.602. The van der Waals surface area contributed by atoms with Crippen molar-refractivity contribution in [3.8, 4) is 0 Å². The van der Waals surface area contributed by atoms with Gasteiger partial charge in [-0.1, -0.05) is 12.1 Å². The molecule has 2 heterocycles. The van der Waals surface area contributed by atoms with Crippen molar-refractivity contribution in [2.24, 2.45) is 0 Å². The first-order valence-corrected chi connectivity index (χ1v) is 7.30. The molecule has 0 atom stereocenters. The van der Waals surface area contributed by atoms with Crippen molar-refractivity contribution in [1.29, 1.82) is 0 Å². The number of hydrogen-bond donors (Lipinski definition) is 1. The van der Waals surface area contributed by atoms with E-state index in [0.29, 0.717) is 0 Å². The summed E-state index contributed by atoms with van der Waals surface area (Å²) in [6, 6.07) is 14.7. The Morgan fingerprint density at radius 3 is 3.10 bits per heavy atom. The van der Waals surface area contributed by atoms with Crippen molar-refractivity contribution >= 4 is 38.2 Å². The van der Waals surface area contributed by atoms with Gasteiger partial charge in [0, 0.05) is 16.9 Å². The molecule has 2 aromatic carbocycles. The number of aromatic nitrogens is 1. The molecular formula is C16H12N2OS. The predicted octanol–water partition coefficient (Wildman–Crippen LogP) is 4.65. The minimum atomic E-state index is 0.803. The van der Waals surface area contributed by atoms with Gasteiger partial charge in [0.05, 0.1) is 0 Å². The summed E-state index contributed by atoms with van der Waals surface area (Å²) in [5.74, 6) is 0. The maximum Gasteiger partial charge on any atom is 0.181 e. The third-order valence-corrected chi connectivity index (χ3v) is 4.23. The molecule has 4 heteroatoms. The van der Waals surface area contributed by atoms with Gasteiger partial charge in [0.2, 0.25) is 0 Å². The van der Waals surface area contributed by atoms with Crippen LogP contribution in [0.15, 0.2) is 58.7 Å². The van der Waals surface area contributed by atoms with Gasteiger partial charge in [0.25, 0.3) is 0 Å². The second-order valence-electron chi connectivity index (χ2n) is 4.68. The Morgan fingerprint density at radius 2 is 2.10 bits per heavy atom. The van der Waals surface area contributed by atoms with E-state index in [2.05, 4.69) is 39.9 Å². The van der Waals surface area contributed by atoms with E-state index in [1.807, 2.05) is 18.2 Å². The molecule has 0 fully saturated rings. The molecule has 2 aromatic heterocycles. The molecule has 0 bridgehead atoms. The smallest absolute Gasteiger partial charge is 0.181 e. The molecule has 0 radical (unpaired) electrons. The van der Waals surface area contributed by atoms with Gasteiger partial charge in [-0.25, -0.2) is 4.98 Å². The summed E-state index contributed by atoms with van der Waals surface area (Å²) in [6.45, 7) is 0.803. The number of benzene rings is 2. The van der Waals surface area contributed by atoms with E-state index in [-0.39, 0.29) is 0 Å². The fourth-order valence-electron chi connectivity index (χ4n) is 2.28. The lowest BCUT2D eigenvalue weighted by Gasteiger charge is -2.06. The quantitative estimate of drug-likeness (QED) is 0.593. The first kappa shape index (κ1) is 11.5. The first-order chi connectivity index (χ1) is 9.88. The standard InChI is InChI=1S/C16H12N2OS/c1-2-12-5-6-20-16(12)7-11(1)9-17-13-3-4-15-14(8-13)18-10-19-15/h1-8,10,17H,9H2. The van der Waals surface area contributed by atoms with E-state index >= 15 is 0 Å². The summed E-state index contributed by atoms with van der Waals surface area (Å²) in [7, 11) is 0. The lowest BCUT2D eigenvalue weighted by Crippen LogP contribution is -1.98. The zero-order chi connectivity index (χ0) is 13.4. The number of oxazole rings is 1. The van der Waals surface area contributed by atoms with Gasteiger partial charge in [0.1, 0.15) is 5.52 Å². The van der Waals surface area contributed by atoms with Gasteiger partial charge in [0.15, 0.2) is 12.0 Å². The summed E-state index contributed by atoms with van der Waals surface area (Å²) in [4.78, 5) is 4.16. The van der Waals surface area contributed by atoms with Crippen molar-refractivity contribution in [2.75, 3.05) is 5.32 Å². The predicted molar refractivity (Wildman–Crippen MR) is 83.2 cm³/mol. The molecule has 20 heavy (non-hydrogen) atoms. The van der Waals surface area contributed by atoms with Crippen LogP contribution in [-0.2, 0) is 6.54 Å². The monoisotopic (exact) mass is 280 g/mol. The fraction of sp³-hybridized carbons (Fsp3) is 0.0625. The summed E-state index contributed by atoms with van der Waals surface area (Å²) < 4.78 is 6.57. The van der Waals surface area contributed by atoms with Crippen LogP contribution in [0.1, 0.15) is 5.56 Å². The third-order valence-electron chi connectivity index (χ3n) is 3.35. The van der Waals surface area contributed by atoms with Crippen LogP contribution in [-0.4, -0.2) is 4.98 Å². The summed E-state index contributed by atoms with van der Waals surface area (Å²) in [5, 5.41) is 6.86. The molecule has 0 aliphatic heterocycles. The van der Waals surface area contributed by atoms with Crippen LogP contribution in [0.3, 0.4) is 0 Å². The van der Waals surface area contributed by atoms with E-state index in [4.69, 9.17) is 4.42 Å². The molecule has 0 amide bonds. The molecule has 3 nitrogen and oxygen atoms in total. The van der Waals surface area contributed by atoms with Gasteiger partial charge in [-0.15, -0.1) is 11.3 Å². The van der Waals surface area contributed by atoms with Gasteiger partial charge in [-0.05, 0) is 46.7 Å². The highest BCUT2D eigenvalue weighted by atomic mass is 32.1. The fourth-order valence-corrected chi connectivity index (χ4v) is 3.13. The zero-order valence-electron chi connectivity index (χ0n) is 10.7. The molecule has 98 valence electrons. The highest BCUT2D eigenvalue weighted by molar-refractivity contribution is 7.17. The summed E-state index contributed by atoms with van der Waals surface area (Å²) in [6.07, 6.45) is 1.47. The Balaban J connectivity index is 1.56. The molecule has 0 saturated carbocycles. The number of nitrogens with zero attached hydrogens (tertiary/aromatic N) is 1. The molecular weight excluding hydrogens is 268 g/mol. The minimum absolute atomic E-state index is 0.803. The van der Waals surface area contributed by atoms with Crippen molar-refractivity contribution in [1.82, 2.24) is 4.98 Å². The van der Waals surface area contributed by atoms with E-state index in [0.717, 1.165) is 23.3 Å². The molecule has 0 aliphatic rings. The third kappa shape index (κ3) is 2.04. The maximum atomic E-state index is 5.24. The van der Waals surface area contributed by atoms with Crippen LogP contribution in [0.2, 0.25) is 0 Å². The summed E-state index contributed by atoms with van der Waals surface area (Å²) >= 11 is 1.78. The van der Waals surface area contributed by atoms with Gasteiger partial charge >= 0.3 is 0 Å². The number of fused-ring (bicyclic) bond motifs is 2. The Kier molecular flexibility index (Phi) is 2.67. The SMILES string of the molecule is c1nc2cc(NCc3ccc4ccsc4c3)ccc2o1. The average Bonchev–Trinajstić information content (AvgIpc) is 3.12.